The number of ether oxygens (including phenoxy) is 1. The lowest BCUT2D eigenvalue weighted by Crippen LogP contribution is -2.47. The van der Waals surface area contributed by atoms with Crippen LogP contribution in [0.4, 0.5) is 4.39 Å². The van der Waals surface area contributed by atoms with E-state index in [1.165, 1.54) is 13.2 Å². The van der Waals surface area contributed by atoms with E-state index in [4.69, 9.17) is 9.15 Å². The Labute approximate surface area is 156 Å². The summed E-state index contributed by atoms with van der Waals surface area (Å²) in [5.41, 5.74) is 2.36. The van der Waals surface area contributed by atoms with Crippen molar-refractivity contribution < 1.29 is 13.5 Å². The Bertz CT molecular complexity index is 990. The summed E-state index contributed by atoms with van der Waals surface area (Å²) in [6, 6.07) is 12.6. The quantitative estimate of drug-likeness (QED) is 0.690. The Kier molecular flexibility index (Phi) is 4.96. The van der Waals surface area contributed by atoms with Crippen LogP contribution in [0, 0.1) is 5.82 Å². The first kappa shape index (κ1) is 17.8. The molecule has 3 aromatic rings. The predicted molar refractivity (Wildman–Crippen MR) is 100 cm³/mol. The number of methoxy groups -OCH3 is 1. The van der Waals surface area contributed by atoms with Crippen molar-refractivity contribution in [3.05, 3.63) is 64.4 Å². The summed E-state index contributed by atoms with van der Waals surface area (Å²) in [5, 5.41) is 0. The normalized spacial score (nSPS) is 16.1. The maximum Gasteiger partial charge on any atom is 0.421 e. The number of para-hydroxylation sites is 2. The fourth-order valence-corrected chi connectivity index (χ4v) is 3.50. The first-order valence-corrected chi connectivity index (χ1v) is 8.99. The number of piperazine rings is 1. The molecule has 142 valence electrons. The van der Waals surface area contributed by atoms with Crippen molar-refractivity contribution >= 4 is 11.1 Å². The molecule has 27 heavy (non-hydrogen) atoms. The highest BCUT2D eigenvalue weighted by Crippen LogP contribution is 2.19. The van der Waals surface area contributed by atoms with E-state index in [0.29, 0.717) is 18.8 Å². The minimum atomic E-state index is -0.333. The number of halogens is 1. The van der Waals surface area contributed by atoms with Gasteiger partial charge in [0, 0.05) is 32.7 Å². The smallest absolute Gasteiger partial charge is 0.421 e. The summed E-state index contributed by atoms with van der Waals surface area (Å²) in [4.78, 5) is 16.6. The molecule has 1 saturated heterocycles. The van der Waals surface area contributed by atoms with Gasteiger partial charge < -0.3 is 9.15 Å². The first-order chi connectivity index (χ1) is 13.1. The SMILES string of the molecule is COc1ccc(CN2CCN(Cn3c(=O)oc4ccccc43)CC2)cc1F. The van der Waals surface area contributed by atoms with Crippen molar-refractivity contribution in [2.45, 2.75) is 13.2 Å². The van der Waals surface area contributed by atoms with E-state index >= 15 is 0 Å². The minimum absolute atomic E-state index is 0.265. The van der Waals surface area contributed by atoms with Gasteiger partial charge >= 0.3 is 5.76 Å². The van der Waals surface area contributed by atoms with Gasteiger partial charge in [-0.05, 0) is 29.8 Å². The van der Waals surface area contributed by atoms with Crippen LogP contribution in [0.5, 0.6) is 5.75 Å². The number of fused-ring (bicyclic) bond motifs is 1. The third-order valence-corrected chi connectivity index (χ3v) is 5.00. The number of benzene rings is 2. The van der Waals surface area contributed by atoms with Crippen LogP contribution < -0.4 is 10.5 Å². The van der Waals surface area contributed by atoms with Crippen molar-refractivity contribution in [2.75, 3.05) is 33.3 Å². The number of oxazole rings is 1. The summed E-state index contributed by atoms with van der Waals surface area (Å²) in [7, 11) is 1.46. The Balaban J connectivity index is 1.37. The second-order valence-electron chi connectivity index (χ2n) is 6.77. The van der Waals surface area contributed by atoms with Crippen LogP contribution in [0.3, 0.4) is 0 Å². The average Bonchev–Trinajstić information content (AvgIpc) is 2.99. The van der Waals surface area contributed by atoms with E-state index in [0.717, 1.165) is 37.3 Å². The summed E-state index contributed by atoms with van der Waals surface area (Å²) < 4.78 is 25.8. The predicted octanol–water partition coefficient (Wildman–Crippen LogP) is 2.52. The first-order valence-electron chi connectivity index (χ1n) is 8.99. The van der Waals surface area contributed by atoms with E-state index in [-0.39, 0.29) is 17.3 Å². The molecule has 1 aliphatic heterocycles. The van der Waals surface area contributed by atoms with Gasteiger partial charge in [0.2, 0.25) is 0 Å². The van der Waals surface area contributed by atoms with Gasteiger partial charge in [0.05, 0.1) is 19.3 Å². The summed E-state index contributed by atoms with van der Waals surface area (Å²) >= 11 is 0. The molecule has 0 N–H and O–H groups in total. The molecule has 1 aromatic heterocycles. The Morgan fingerprint density at radius 1 is 1.07 bits per heavy atom. The van der Waals surface area contributed by atoms with E-state index < -0.39 is 0 Å². The highest BCUT2D eigenvalue weighted by atomic mass is 19.1. The molecule has 1 fully saturated rings. The fraction of sp³-hybridized carbons (Fsp3) is 0.350. The molecule has 0 atom stereocenters. The van der Waals surface area contributed by atoms with Gasteiger partial charge in [0.1, 0.15) is 0 Å². The highest BCUT2D eigenvalue weighted by molar-refractivity contribution is 5.72. The van der Waals surface area contributed by atoms with Gasteiger partial charge in [-0.1, -0.05) is 18.2 Å². The van der Waals surface area contributed by atoms with Crippen LogP contribution in [-0.2, 0) is 13.2 Å². The highest BCUT2D eigenvalue weighted by Gasteiger charge is 2.19. The van der Waals surface area contributed by atoms with Gasteiger partial charge in [0.25, 0.3) is 0 Å². The second kappa shape index (κ2) is 7.54. The van der Waals surface area contributed by atoms with Crippen molar-refractivity contribution in [3.8, 4) is 5.75 Å². The molecule has 1 aliphatic rings. The topological polar surface area (TPSA) is 50.9 Å². The van der Waals surface area contributed by atoms with Gasteiger partial charge in [0.15, 0.2) is 17.1 Å². The third-order valence-electron chi connectivity index (χ3n) is 5.00. The lowest BCUT2D eigenvalue weighted by molar-refractivity contribution is 0.102. The van der Waals surface area contributed by atoms with Gasteiger partial charge in [-0.15, -0.1) is 0 Å². The molecule has 0 unspecified atom stereocenters. The van der Waals surface area contributed by atoms with Gasteiger partial charge in [-0.2, -0.15) is 0 Å². The van der Waals surface area contributed by atoms with E-state index in [2.05, 4.69) is 9.80 Å². The zero-order valence-electron chi connectivity index (χ0n) is 15.2. The second-order valence-corrected chi connectivity index (χ2v) is 6.77. The Hall–Kier alpha value is -2.64. The molecule has 7 heteroatoms. The van der Waals surface area contributed by atoms with Crippen LogP contribution in [0.15, 0.2) is 51.7 Å². The van der Waals surface area contributed by atoms with Crippen LogP contribution >= 0.6 is 0 Å². The summed E-state index contributed by atoms with van der Waals surface area (Å²) in [5.74, 6) is -0.395. The molecule has 0 aliphatic carbocycles. The van der Waals surface area contributed by atoms with Gasteiger partial charge in [-0.3, -0.25) is 14.4 Å². The zero-order valence-corrected chi connectivity index (χ0v) is 15.2. The average molecular weight is 371 g/mol. The van der Waals surface area contributed by atoms with E-state index in [9.17, 15) is 9.18 Å². The van der Waals surface area contributed by atoms with E-state index in [1.54, 1.807) is 16.7 Å². The monoisotopic (exact) mass is 371 g/mol. The third kappa shape index (κ3) is 3.74. The molecule has 2 aromatic carbocycles. The lowest BCUT2D eigenvalue weighted by Gasteiger charge is -2.34. The van der Waals surface area contributed by atoms with Crippen LogP contribution in [0.25, 0.3) is 11.1 Å². The number of nitrogens with zero attached hydrogens (tertiary/aromatic N) is 3. The lowest BCUT2D eigenvalue weighted by atomic mass is 10.2. The Morgan fingerprint density at radius 3 is 2.56 bits per heavy atom. The largest absolute Gasteiger partial charge is 0.494 e. The standard InChI is InChI=1S/C20H22FN3O3/c1-26-18-7-6-15(12-16(18)21)13-22-8-10-23(11-9-22)14-24-17-4-2-3-5-19(17)27-20(24)25/h2-7,12H,8-11,13-14H2,1H3. The minimum Gasteiger partial charge on any atom is -0.494 e. The molecule has 4 rings (SSSR count). The van der Waals surface area contributed by atoms with Crippen molar-refractivity contribution in [1.82, 2.24) is 14.4 Å². The zero-order chi connectivity index (χ0) is 18.8. The summed E-state index contributed by atoms with van der Waals surface area (Å²) in [6.45, 7) is 4.61. The molecule has 0 spiro atoms. The van der Waals surface area contributed by atoms with Crippen molar-refractivity contribution in [2.24, 2.45) is 0 Å². The molecule has 0 saturated carbocycles. The van der Waals surface area contributed by atoms with Crippen LogP contribution in [0.1, 0.15) is 5.56 Å². The van der Waals surface area contributed by atoms with Crippen molar-refractivity contribution in [1.29, 1.82) is 0 Å². The molecule has 2 heterocycles. The molecule has 0 bridgehead atoms. The maximum atomic E-state index is 13.9. The molecular formula is C20H22FN3O3. The molecular weight excluding hydrogens is 349 g/mol. The van der Waals surface area contributed by atoms with E-state index in [1.807, 2.05) is 24.3 Å². The Morgan fingerprint density at radius 2 is 1.81 bits per heavy atom. The number of hydrogen-bond donors (Lipinski definition) is 0. The molecule has 0 amide bonds. The summed E-state index contributed by atoms with van der Waals surface area (Å²) in [6.07, 6.45) is 0. The molecule has 6 nitrogen and oxygen atoms in total. The van der Waals surface area contributed by atoms with Crippen LogP contribution in [0.2, 0.25) is 0 Å². The van der Waals surface area contributed by atoms with Crippen molar-refractivity contribution in [3.63, 3.8) is 0 Å². The van der Waals surface area contributed by atoms with Crippen LogP contribution in [-0.4, -0.2) is 47.7 Å². The number of aromatic nitrogens is 1. The van der Waals surface area contributed by atoms with Gasteiger partial charge in [-0.25, -0.2) is 9.18 Å². The number of rotatable bonds is 5. The fourth-order valence-electron chi connectivity index (χ4n) is 3.50. The number of hydrogen-bond acceptors (Lipinski definition) is 5. The molecule has 0 radical (unpaired) electrons. The maximum absolute atomic E-state index is 13.9.